The van der Waals surface area contributed by atoms with Crippen molar-refractivity contribution >= 4 is 23.4 Å². The first-order valence-corrected chi connectivity index (χ1v) is 12.2. The second kappa shape index (κ2) is 11.9. The van der Waals surface area contributed by atoms with Gasteiger partial charge in [0.2, 0.25) is 5.91 Å². The molecule has 2 heterocycles. The van der Waals surface area contributed by atoms with E-state index in [-0.39, 0.29) is 12.3 Å². The predicted octanol–water partition coefficient (Wildman–Crippen LogP) is 5.82. The quantitative estimate of drug-likeness (QED) is 0.292. The van der Waals surface area contributed by atoms with Crippen LogP contribution in [0.3, 0.4) is 0 Å². The van der Waals surface area contributed by atoms with Crippen LogP contribution in [0.15, 0.2) is 84.1 Å². The summed E-state index contributed by atoms with van der Waals surface area (Å²) >= 11 is 1.37. The van der Waals surface area contributed by atoms with E-state index in [4.69, 9.17) is 14.5 Å². The van der Waals surface area contributed by atoms with Gasteiger partial charge in [0.1, 0.15) is 11.1 Å². The molecule has 2 aromatic heterocycles. The van der Waals surface area contributed by atoms with Crippen LogP contribution in [-0.2, 0) is 4.79 Å². The standard InChI is InChI=1S/C28H24N4O3S/c1-34-25-10-6-9-21(27(25)35-2)22-17-24(19-7-4-3-5-8-19)32-28(23(22)18-29)36-16-13-26(33)31-20-11-14-30-15-12-20/h3-12,14-15,17H,13,16H2,1-2H3,(H,30,31,33). The Morgan fingerprint density at radius 1 is 1.00 bits per heavy atom. The first-order valence-electron chi connectivity index (χ1n) is 11.2. The van der Waals surface area contributed by atoms with Crippen molar-refractivity contribution in [2.24, 2.45) is 0 Å². The van der Waals surface area contributed by atoms with Gasteiger partial charge in [-0.25, -0.2) is 4.98 Å². The third-order valence-corrected chi connectivity index (χ3v) is 6.37. The molecule has 0 aliphatic carbocycles. The molecule has 8 heteroatoms. The lowest BCUT2D eigenvalue weighted by Gasteiger charge is -2.16. The van der Waals surface area contributed by atoms with E-state index in [9.17, 15) is 10.1 Å². The predicted molar refractivity (Wildman–Crippen MR) is 141 cm³/mol. The summed E-state index contributed by atoms with van der Waals surface area (Å²) in [5.74, 6) is 1.43. The molecule has 0 saturated heterocycles. The van der Waals surface area contributed by atoms with Crippen LogP contribution in [0.5, 0.6) is 11.5 Å². The van der Waals surface area contributed by atoms with Gasteiger partial charge in [-0.3, -0.25) is 9.78 Å². The summed E-state index contributed by atoms with van der Waals surface area (Å²) in [5, 5.41) is 13.6. The molecule has 1 amide bonds. The minimum Gasteiger partial charge on any atom is -0.493 e. The first kappa shape index (κ1) is 24.8. The molecule has 4 rings (SSSR count). The van der Waals surface area contributed by atoms with Gasteiger partial charge in [-0.1, -0.05) is 42.5 Å². The highest BCUT2D eigenvalue weighted by molar-refractivity contribution is 7.99. The Morgan fingerprint density at radius 3 is 2.47 bits per heavy atom. The van der Waals surface area contributed by atoms with Crippen LogP contribution in [0.1, 0.15) is 12.0 Å². The van der Waals surface area contributed by atoms with Gasteiger partial charge in [0.15, 0.2) is 11.5 Å². The maximum absolute atomic E-state index is 12.4. The molecule has 7 nitrogen and oxygen atoms in total. The molecule has 0 bridgehead atoms. The Balaban J connectivity index is 1.70. The Kier molecular flexibility index (Phi) is 8.16. The van der Waals surface area contributed by atoms with Gasteiger partial charge < -0.3 is 14.8 Å². The zero-order chi connectivity index (χ0) is 25.3. The largest absolute Gasteiger partial charge is 0.493 e. The number of hydrogen-bond acceptors (Lipinski definition) is 7. The van der Waals surface area contributed by atoms with Crippen molar-refractivity contribution in [2.75, 3.05) is 25.3 Å². The maximum atomic E-state index is 12.4. The van der Waals surface area contributed by atoms with Gasteiger partial charge in [-0.2, -0.15) is 5.26 Å². The van der Waals surface area contributed by atoms with Crippen molar-refractivity contribution in [2.45, 2.75) is 11.4 Å². The number of methoxy groups -OCH3 is 2. The lowest BCUT2D eigenvalue weighted by molar-refractivity contribution is -0.115. The average molecular weight is 497 g/mol. The molecule has 2 aromatic carbocycles. The van der Waals surface area contributed by atoms with Gasteiger partial charge in [-0.15, -0.1) is 11.8 Å². The maximum Gasteiger partial charge on any atom is 0.225 e. The summed E-state index contributed by atoms with van der Waals surface area (Å²) in [6, 6.07) is 23.0. The monoisotopic (exact) mass is 496 g/mol. The van der Waals surface area contributed by atoms with Gasteiger partial charge in [0, 0.05) is 46.9 Å². The third kappa shape index (κ3) is 5.65. The zero-order valence-corrected chi connectivity index (χ0v) is 20.7. The molecule has 0 saturated carbocycles. The van der Waals surface area contributed by atoms with Crippen molar-refractivity contribution in [3.8, 4) is 40.0 Å². The molecule has 0 aliphatic rings. The summed E-state index contributed by atoms with van der Waals surface area (Å²) in [7, 11) is 3.15. The van der Waals surface area contributed by atoms with Crippen LogP contribution in [0.2, 0.25) is 0 Å². The number of benzene rings is 2. The van der Waals surface area contributed by atoms with Gasteiger partial charge >= 0.3 is 0 Å². The van der Waals surface area contributed by atoms with Crippen LogP contribution in [0.25, 0.3) is 22.4 Å². The molecular formula is C28H24N4O3S. The van der Waals surface area contributed by atoms with Crippen molar-refractivity contribution < 1.29 is 14.3 Å². The Labute approximate surface area is 214 Å². The van der Waals surface area contributed by atoms with E-state index in [1.807, 2.05) is 54.6 Å². The second-order valence-corrected chi connectivity index (χ2v) is 8.72. The first-order chi connectivity index (χ1) is 17.6. The molecule has 0 radical (unpaired) electrons. The number of carbonyl (C=O) groups is 1. The molecule has 36 heavy (non-hydrogen) atoms. The zero-order valence-electron chi connectivity index (χ0n) is 19.9. The molecule has 0 fully saturated rings. The number of nitriles is 1. The van der Waals surface area contributed by atoms with Gasteiger partial charge in [-0.05, 0) is 24.3 Å². The fourth-order valence-electron chi connectivity index (χ4n) is 3.70. The van der Waals surface area contributed by atoms with E-state index in [1.54, 1.807) is 38.7 Å². The molecule has 1 N–H and O–H groups in total. The van der Waals surface area contributed by atoms with Crippen LogP contribution < -0.4 is 14.8 Å². The third-order valence-electron chi connectivity index (χ3n) is 5.39. The normalized spacial score (nSPS) is 10.4. The summed E-state index contributed by atoms with van der Waals surface area (Å²) in [6.45, 7) is 0. The number of anilines is 1. The topological polar surface area (TPSA) is 97.1 Å². The fraction of sp³-hybridized carbons (Fsp3) is 0.143. The second-order valence-electron chi connectivity index (χ2n) is 7.64. The van der Waals surface area contributed by atoms with Crippen LogP contribution in [0.4, 0.5) is 5.69 Å². The summed E-state index contributed by atoms with van der Waals surface area (Å²) in [5.41, 5.74) is 4.16. The summed E-state index contributed by atoms with van der Waals surface area (Å²) in [6.07, 6.45) is 3.50. The number of carbonyl (C=O) groups excluding carboxylic acids is 1. The summed E-state index contributed by atoms with van der Waals surface area (Å²) in [4.78, 5) is 21.2. The molecule has 4 aromatic rings. The van der Waals surface area contributed by atoms with Crippen LogP contribution >= 0.6 is 11.8 Å². The highest BCUT2D eigenvalue weighted by Gasteiger charge is 2.20. The van der Waals surface area contributed by atoms with E-state index in [0.29, 0.717) is 39.1 Å². The van der Waals surface area contributed by atoms with Crippen LogP contribution in [0, 0.1) is 11.3 Å². The molecule has 0 atom stereocenters. The van der Waals surface area contributed by atoms with E-state index < -0.39 is 0 Å². The number of pyridine rings is 2. The number of aromatic nitrogens is 2. The number of nitrogens with zero attached hydrogens (tertiary/aromatic N) is 3. The number of rotatable bonds is 9. The Hall–Kier alpha value is -4.35. The number of ether oxygens (including phenoxy) is 2. The minimum absolute atomic E-state index is 0.124. The van der Waals surface area contributed by atoms with Gasteiger partial charge in [0.05, 0.1) is 25.5 Å². The van der Waals surface area contributed by atoms with E-state index in [1.165, 1.54) is 11.8 Å². The number of thioether (sulfide) groups is 1. The molecule has 0 spiro atoms. The molecule has 0 aliphatic heterocycles. The Bertz CT molecular complexity index is 1390. The lowest BCUT2D eigenvalue weighted by atomic mass is 9.98. The van der Waals surface area contributed by atoms with Crippen molar-refractivity contribution in [1.29, 1.82) is 5.26 Å². The fourth-order valence-corrected chi connectivity index (χ4v) is 4.65. The number of para-hydroxylation sites is 1. The highest BCUT2D eigenvalue weighted by atomic mass is 32.2. The molecule has 0 unspecified atom stereocenters. The summed E-state index contributed by atoms with van der Waals surface area (Å²) < 4.78 is 11.1. The average Bonchev–Trinajstić information content (AvgIpc) is 2.93. The minimum atomic E-state index is -0.124. The smallest absolute Gasteiger partial charge is 0.225 e. The lowest BCUT2D eigenvalue weighted by Crippen LogP contribution is -2.12. The molecule has 180 valence electrons. The molecular weight excluding hydrogens is 472 g/mol. The number of hydrogen-bond donors (Lipinski definition) is 1. The number of nitrogens with one attached hydrogen (secondary N) is 1. The van der Waals surface area contributed by atoms with Gasteiger partial charge in [0.25, 0.3) is 0 Å². The highest BCUT2D eigenvalue weighted by Crippen LogP contribution is 2.42. The van der Waals surface area contributed by atoms with E-state index in [2.05, 4.69) is 16.4 Å². The SMILES string of the molecule is COc1cccc(-c2cc(-c3ccccc3)nc(SCCC(=O)Nc3ccncc3)c2C#N)c1OC. The van der Waals surface area contributed by atoms with Crippen molar-refractivity contribution in [1.82, 2.24) is 9.97 Å². The van der Waals surface area contributed by atoms with Crippen molar-refractivity contribution in [3.63, 3.8) is 0 Å². The number of amides is 1. The Morgan fingerprint density at radius 2 is 1.78 bits per heavy atom. The van der Waals surface area contributed by atoms with E-state index in [0.717, 1.165) is 16.8 Å². The van der Waals surface area contributed by atoms with Crippen molar-refractivity contribution in [3.05, 3.63) is 84.7 Å². The van der Waals surface area contributed by atoms with Crippen LogP contribution in [-0.4, -0.2) is 35.8 Å². The van der Waals surface area contributed by atoms with E-state index >= 15 is 0 Å².